The number of hydrogen-bond acceptors (Lipinski definition) is 4. The number of aliphatic carboxylic acids is 4. The van der Waals surface area contributed by atoms with Crippen molar-refractivity contribution >= 4 is 55.7 Å². The Morgan fingerprint density at radius 3 is 1.75 bits per heavy atom. The maximum Gasteiger partial charge on any atom is 0.336 e. The molecule has 0 fully saturated rings. The molecule has 8 nitrogen and oxygen atoms in total. The molecule has 40 heavy (non-hydrogen) atoms. The topological polar surface area (TPSA) is 149 Å². The summed E-state index contributed by atoms with van der Waals surface area (Å²) in [7, 11) is 0. The average Bonchev–Trinajstić information content (AvgIpc) is 2.87. The summed E-state index contributed by atoms with van der Waals surface area (Å²) < 4.78 is -2.77. The second kappa shape index (κ2) is 14.3. The minimum absolute atomic E-state index is 0.205. The van der Waals surface area contributed by atoms with Gasteiger partial charge in [0, 0.05) is 17.1 Å². The predicted octanol–water partition coefficient (Wildman–Crippen LogP) is 7.50. The molecule has 224 valence electrons. The summed E-state index contributed by atoms with van der Waals surface area (Å²) in [5, 5.41) is 42.8. The Bertz CT molecular complexity index is 1120. The van der Waals surface area contributed by atoms with Gasteiger partial charge in [-0.05, 0) is 43.3 Å². The molecule has 0 bridgehead atoms. The number of carboxylic acid groups (broad SMARTS) is 4. The van der Waals surface area contributed by atoms with E-state index in [1.54, 1.807) is 0 Å². The van der Waals surface area contributed by atoms with Crippen LogP contribution in [-0.2, 0) is 19.2 Å². The fourth-order valence-corrected chi connectivity index (χ4v) is 8.66. The van der Waals surface area contributed by atoms with Crippen molar-refractivity contribution in [3.05, 3.63) is 33.4 Å². The molecule has 0 aromatic rings. The summed E-state index contributed by atoms with van der Waals surface area (Å²) in [5.74, 6) is -7.73. The molecule has 10 heteroatoms. The van der Waals surface area contributed by atoms with Crippen LogP contribution in [0.5, 0.6) is 0 Å². The quantitative estimate of drug-likeness (QED) is 0.122. The van der Waals surface area contributed by atoms with Crippen molar-refractivity contribution in [2.75, 3.05) is 0 Å². The first kappa shape index (κ1) is 34.3. The van der Waals surface area contributed by atoms with Gasteiger partial charge < -0.3 is 20.4 Å². The minimum atomic E-state index is -1.47. The number of unbranched alkanes of at least 4 members (excludes halogenated alkanes) is 4. The second-order valence-corrected chi connectivity index (χ2v) is 13.7. The Morgan fingerprint density at radius 2 is 1.30 bits per heavy atom. The molecule has 0 aliphatic heterocycles. The van der Waals surface area contributed by atoms with Crippen molar-refractivity contribution in [3.63, 3.8) is 0 Å². The first-order chi connectivity index (χ1) is 18.8. The SMILES string of the molecule is CCCCC1=C(C(=O)O)C2=C(C(=O)O)C(CCCC)C(Br)(CCCC)C(C(=O)O)C2=C(C(=O)O)C1(Br)CCCC. The van der Waals surface area contributed by atoms with Crippen LogP contribution in [-0.4, -0.2) is 53.0 Å². The monoisotopic (exact) mass is 688 g/mol. The fourth-order valence-electron chi connectivity index (χ4n) is 6.43. The molecule has 4 atom stereocenters. The zero-order valence-corrected chi connectivity index (χ0v) is 27.0. The zero-order chi connectivity index (χ0) is 30.4. The van der Waals surface area contributed by atoms with Gasteiger partial charge in [0.25, 0.3) is 0 Å². The van der Waals surface area contributed by atoms with E-state index in [0.29, 0.717) is 56.9 Å². The number of halogens is 2. The van der Waals surface area contributed by atoms with Crippen LogP contribution in [0, 0.1) is 11.8 Å². The van der Waals surface area contributed by atoms with Crippen LogP contribution in [0.4, 0.5) is 0 Å². The summed E-state index contributed by atoms with van der Waals surface area (Å²) in [5.41, 5.74) is -0.855. The first-order valence-corrected chi connectivity index (χ1v) is 15.9. The smallest absolute Gasteiger partial charge is 0.336 e. The molecule has 4 N–H and O–H groups in total. The van der Waals surface area contributed by atoms with E-state index in [1.807, 2.05) is 27.7 Å². The Kier molecular flexibility index (Phi) is 12.2. The number of rotatable bonds is 16. The van der Waals surface area contributed by atoms with Crippen molar-refractivity contribution in [1.29, 1.82) is 0 Å². The highest BCUT2D eigenvalue weighted by molar-refractivity contribution is 9.10. The van der Waals surface area contributed by atoms with Gasteiger partial charge in [0.1, 0.15) is 0 Å². The number of carbonyl (C=O) groups is 4. The van der Waals surface area contributed by atoms with Crippen LogP contribution in [0.15, 0.2) is 33.4 Å². The molecule has 0 aromatic carbocycles. The molecule has 0 aromatic heterocycles. The van der Waals surface area contributed by atoms with Gasteiger partial charge >= 0.3 is 23.9 Å². The average molecular weight is 690 g/mol. The van der Waals surface area contributed by atoms with Crippen molar-refractivity contribution in [2.24, 2.45) is 11.8 Å². The molecule has 2 aliphatic rings. The van der Waals surface area contributed by atoms with Crippen LogP contribution in [0.25, 0.3) is 0 Å². The molecule has 2 aliphatic carbocycles. The number of hydrogen-bond donors (Lipinski definition) is 4. The van der Waals surface area contributed by atoms with E-state index in [1.165, 1.54) is 0 Å². The molecule has 0 radical (unpaired) electrons. The third-order valence-corrected chi connectivity index (χ3v) is 10.9. The van der Waals surface area contributed by atoms with E-state index in [4.69, 9.17) is 0 Å². The molecular weight excluding hydrogens is 648 g/mol. The van der Waals surface area contributed by atoms with Crippen molar-refractivity contribution in [3.8, 4) is 0 Å². The molecule has 0 spiro atoms. The van der Waals surface area contributed by atoms with Gasteiger partial charge in [-0.2, -0.15) is 0 Å². The van der Waals surface area contributed by atoms with Crippen LogP contribution >= 0.6 is 31.9 Å². The Labute approximate surface area is 253 Å². The Hall–Kier alpha value is -1.94. The standard InChI is InChI=1S/C30H42Br2O8/c1-5-9-13-17-19(25(33)34)21-20(26(35)36)18(14-10-6-2)30(32,16-12-8-4)24(28(39)40)22(21)23(27(37)38)29(17,31)15-11-7-3/h17,23H,5-16H2,1-4H3,(H,33,34)(H,35,36)(H,37,38)(H,39,40). The van der Waals surface area contributed by atoms with Gasteiger partial charge in [0.2, 0.25) is 0 Å². The largest absolute Gasteiger partial charge is 0.481 e. The van der Waals surface area contributed by atoms with E-state index in [9.17, 15) is 39.6 Å². The minimum Gasteiger partial charge on any atom is -0.481 e. The van der Waals surface area contributed by atoms with Crippen LogP contribution in [0.3, 0.4) is 0 Å². The van der Waals surface area contributed by atoms with Gasteiger partial charge in [-0.3, -0.25) is 4.79 Å². The molecule has 0 amide bonds. The Balaban J connectivity index is 3.32. The van der Waals surface area contributed by atoms with E-state index in [0.717, 1.165) is 6.42 Å². The van der Waals surface area contributed by atoms with Crippen molar-refractivity contribution < 1.29 is 39.6 Å². The van der Waals surface area contributed by atoms with E-state index in [2.05, 4.69) is 31.9 Å². The van der Waals surface area contributed by atoms with Gasteiger partial charge in [-0.15, -0.1) is 0 Å². The zero-order valence-electron chi connectivity index (χ0n) is 23.8. The summed E-state index contributed by atoms with van der Waals surface area (Å²) >= 11 is 7.40. The third kappa shape index (κ3) is 6.27. The lowest BCUT2D eigenvalue weighted by atomic mass is 9.57. The van der Waals surface area contributed by atoms with Gasteiger partial charge in [0.05, 0.1) is 25.7 Å². The van der Waals surface area contributed by atoms with Crippen molar-refractivity contribution in [2.45, 2.75) is 113 Å². The summed E-state index contributed by atoms with van der Waals surface area (Å²) in [6.07, 6.45) is 6.20. The Morgan fingerprint density at radius 1 is 0.750 bits per heavy atom. The van der Waals surface area contributed by atoms with Gasteiger partial charge in [-0.1, -0.05) is 105 Å². The second-order valence-electron chi connectivity index (χ2n) is 10.9. The normalized spacial score (nSPS) is 26.6. The first-order valence-electron chi connectivity index (χ1n) is 14.3. The number of fused-ring (bicyclic) bond motifs is 1. The summed E-state index contributed by atoms with van der Waals surface area (Å²) in [6, 6.07) is 0. The van der Waals surface area contributed by atoms with E-state index >= 15 is 0 Å². The highest BCUT2D eigenvalue weighted by atomic mass is 79.9. The third-order valence-electron chi connectivity index (χ3n) is 8.25. The molecule has 2 rings (SSSR count). The van der Waals surface area contributed by atoms with Crippen LogP contribution in [0.2, 0.25) is 0 Å². The van der Waals surface area contributed by atoms with Crippen molar-refractivity contribution in [1.82, 2.24) is 0 Å². The van der Waals surface area contributed by atoms with Gasteiger partial charge in [-0.25, -0.2) is 14.4 Å². The lowest BCUT2D eigenvalue weighted by molar-refractivity contribution is -0.143. The molecule has 0 saturated heterocycles. The van der Waals surface area contributed by atoms with E-state index in [-0.39, 0.29) is 47.1 Å². The number of carboxylic acids is 4. The summed E-state index contributed by atoms with van der Waals surface area (Å²) in [6.45, 7) is 7.75. The number of alkyl halides is 2. The summed E-state index contributed by atoms with van der Waals surface area (Å²) in [4.78, 5) is 52.6. The molecular formula is C30H42Br2O8. The number of allylic oxidation sites excluding steroid dienone is 1. The fraction of sp³-hybridized carbons (Fsp3) is 0.667. The van der Waals surface area contributed by atoms with Gasteiger partial charge in [0.15, 0.2) is 0 Å². The lowest BCUT2D eigenvalue weighted by Gasteiger charge is -2.50. The maximum atomic E-state index is 13.2. The molecule has 0 heterocycles. The highest BCUT2D eigenvalue weighted by Gasteiger charge is 2.61. The van der Waals surface area contributed by atoms with E-state index < -0.39 is 44.4 Å². The predicted molar refractivity (Wildman–Crippen MR) is 160 cm³/mol. The molecule has 4 unspecified atom stereocenters. The van der Waals surface area contributed by atoms with Crippen LogP contribution < -0.4 is 0 Å². The lowest BCUT2D eigenvalue weighted by Crippen LogP contribution is -2.53. The maximum absolute atomic E-state index is 13.2. The highest BCUT2D eigenvalue weighted by Crippen LogP contribution is 2.61. The van der Waals surface area contributed by atoms with Crippen LogP contribution in [0.1, 0.15) is 105 Å². The molecule has 0 saturated carbocycles.